The molecule has 1 amide bonds. The third-order valence-corrected chi connectivity index (χ3v) is 2.46. The predicted molar refractivity (Wildman–Crippen MR) is 62.8 cm³/mol. The van der Waals surface area contributed by atoms with Crippen LogP contribution in [0.15, 0.2) is 18.2 Å². The van der Waals surface area contributed by atoms with Gasteiger partial charge in [0.15, 0.2) is 0 Å². The van der Waals surface area contributed by atoms with Crippen molar-refractivity contribution in [2.45, 2.75) is 13.3 Å². The van der Waals surface area contributed by atoms with Gasteiger partial charge >= 0.3 is 0 Å². The van der Waals surface area contributed by atoms with Crippen LogP contribution in [0, 0.1) is 18.3 Å². The van der Waals surface area contributed by atoms with Crippen molar-refractivity contribution in [1.29, 1.82) is 5.26 Å². The van der Waals surface area contributed by atoms with Gasteiger partial charge in [0.05, 0.1) is 18.1 Å². The van der Waals surface area contributed by atoms with Crippen molar-refractivity contribution in [3.8, 4) is 6.07 Å². The molecule has 0 bridgehead atoms. The van der Waals surface area contributed by atoms with E-state index in [9.17, 15) is 4.79 Å². The molecule has 0 spiro atoms. The Morgan fingerprint density at radius 2 is 2.25 bits per heavy atom. The number of nitrogens with zero attached hydrogens (tertiary/aromatic N) is 2. The molecule has 0 radical (unpaired) electrons. The minimum Gasteiger partial charge on any atom is -0.398 e. The molecule has 84 valence electrons. The summed E-state index contributed by atoms with van der Waals surface area (Å²) in [5.41, 5.74) is 7.74. The van der Waals surface area contributed by atoms with Crippen LogP contribution in [0.25, 0.3) is 0 Å². The van der Waals surface area contributed by atoms with Crippen LogP contribution >= 0.6 is 0 Å². The van der Waals surface area contributed by atoms with Gasteiger partial charge in [-0.1, -0.05) is 12.1 Å². The van der Waals surface area contributed by atoms with Gasteiger partial charge in [0, 0.05) is 19.3 Å². The van der Waals surface area contributed by atoms with Gasteiger partial charge in [0.2, 0.25) is 0 Å². The van der Waals surface area contributed by atoms with Crippen LogP contribution in [0.4, 0.5) is 5.69 Å². The molecule has 16 heavy (non-hydrogen) atoms. The molecule has 0 heterocycles. The Morgan fingerprint density at radius 1 is 1.56 bits per heavy atom. The van der Waals surface area contributed by atoms with Gasteiger partial charge in [-0.25, -0.2) is 0 Å². The molecule has 0 saturated carbocycles. The summed E-state index contributed by atoms with van der Waals surface area (Å²) in [7, 11) is 1.67. The topological polar surface area (TPSA) is 70.1 Å². The van der Waals surface area contributed by atoms with E-state index >= 15 is 0 Å². The second-order valence-corrected chi connectivity index (χ2v) is 3.67. The Balaban J connectivity index is 2.89. The normalized spacial score (nSPS) is 9.56. The van der Waals surface area contributed by atoms with Crippen molar-refractivity contribution in [2.24, 2.45) is 0 Å². The number of rotatable bonds is 3. The Morgan fingerprint density at radius 3 is 2.88 bits per heavy atom. The first-order valence-electron chi connectivity index (χ1n) is 5.05. The molecule has 1 rings (SSSR count). The summed E-state index contributed by atoms with van der Waals surface area (Å²) in [6.45, 7) is 2.28. The molecule has 0 atom stereocenters. The molecule has 2 N–H and O–H groups in total. The maximum Gasteiger partial charge on any atom is 0.255 e. The van der Waals surface area contributed by atoms with Crippen LogP contribution in [0.1, 0.15) is 22.3 Å². The lowest BCUT2D eigenvalue weighted by atomic mass is 10.1. The Hall–Kier alpha value is -2.02. The number of anilines is 1. The fourth-order valence-corrected chi connectivity index (χ4v) is 1.39. The van der Waals surface area contributed by atoms with E-state index in [1.807, 2.05) is 19.1 Å². The monoisotopic (exact) mass is 217 g/mol. The second kappa shape index (κ2) is 5.17. The first-order chi connectivity index (χ1) is 7.57. The lowest BCUT2D eigenvalue weighted by Crippen LogP contribution is -2.28. The average molecular weight is 217 g/mol. The highest BCUT2D eigenvalue weighted by Crippen LogP contribution is 2.17. The predicted octanol–water partition coefficient (Wildman–Crippen LogP) is 1.56. The van der Waals surface area contributed by atoms with Gasteiger partial charge in [0.25, 0.3) is 5.91 Å². The number of hydrogen-bond acceptors (Lipinski definition) is 3. The van der Waals surface area contributed by atoms with E-state index in [2.05, 4.69) is 0 Å². The maximum atomic E-state index is 12.0. The van der Waals surface area contributed by atoms with Crippen LogP contribution in [-0.2, 0) is 0 Å². The SMILES string of the molecule is Cc1cccc(C(=O)N(C)CCC#N)c1N. The number of benzene rings is 1. The summed E-state index contributed by atoms with van der Waals surface area (Å²) in [4.78, 5) is 13.5. The van der Waals surface area contributed by atoms with Crippen molar-refractivity contribution in [1.82, 2.24) is 4.90 Å². The second-order valence-electron chi connectivity index (χ2n) is 3.67. The van der Waals surface area contributed by atoms with E-state index < -0.39 is 0 Å². The first kappa shape index (κ1) is 12.1. The van der Waals surface area contributed by atoms with Crippen molar-refractivity contribution < 1.29 is 4.79 Å². The highest BCUT2D eigenvalue weighted by molar-refractivity contribution is 5.99. The number of carbonyl (C=O) groups is 1. The van der Waals surface area contributed by atoms with Crippen LogP contribution < -0.4 is 5.73 Å². The van der Waals surface area contributed by atoms with Gasteiger partial charge in [-0.3, -0.25) is 4.79 Å². The van der Waals surface area contributed by atoms with Gasteiger partial charge in [-0.05, 0) is 18.6 Å². The zero-order chi connectivity index (χ0) is 12.1. The number of hydrogen-bond donors (Lipinski definition) is 1. The number of nitrogen functional groups attached to an aromatic ring is 1. The molecule has 4 heteroatoms. The Bertz CT molecular complexity index is 434. The zero-order valence-corrected chi connectivity index (χ0v) is 9.53. The summed E-state index contributed by atoms with van der Waals surface area (Å²) in [5.74, 6) is -0.142. The van der Waals surface area contributed by atoms with Crippen LogP contribution in [0.2, 0.25) is 0 Å². The van der Waals surface area contributed by atoms with Crippen molar-refractivity contribution in [3.05, 3.63) is 29.3 Å². The number of carbonyl (C=O) groups excluding carboxylic acids is 1. The highest BCUT2D eigenvalue weighted by atomic mass is 16.2. The lowest BCUT2D eigenvalue weighted by molar-refractivity contribution is 0.0799. The molecular weight excluding hydrogens is 202 g/mol. The van der Waals surface area contributed by atoms with Crippen LogP contribution in [0.5, 0.6) is 0 Å². The third kappa shape index (κ3) is 2.51. The van der Waals surface area contributed by atoms with Crippen LogP contribution in [0.3, 0.4) is 0 Å². The Kier molecular flexibility index (Phi) is 3.90. The quantitative estimate of drug-likeness (QED) is 0.781. The molecule has 0 aromatic heterocycles. The zero-order valence-electron chi connectivity index (χ0n) is 9.53. The molecular formula is C12H15N3O. The van der Waals surface area contributed by atoms with Gasteiger partial charge in [0.1, 0.15) is 0 Å². The summed E-state index contributed by atoms with van der Waals surface area (Å²) in [6, 6.07) is 7.37. The Labute approximate surface area is 95.3 Å². The fraction of sp³-hybridized carbons (Fsp3) is 0.333. The number of nitriles is 1. The number of nitrogens with two attached hydrogens (primary N) is 1. The molecule has 1 aromatic rings. The summed E-state index contributed by atoms with van der Waals surface area (Å²) in [6.07, 6.45) is 0.327. The largest absolute Gasteiger partial charge is 0.398 e. The van der Waals surface area contributed by atoms with E-state index in [1.54, 1.807) is 19.2 Å². The standard InChI is InChI=1S/C12H15N3O/c1-9-5-3-6-10(11(9)14)12(16)15(2)8-4-7-13/h3,5-6H,4,8,14H2,1-2H3. The fourth-order valence-electron chi connectivity index (χ4n) is 1.39. The molecule has 1 aromatic carbocycles. The van der Waals surface area contributed by atoms with E-state index in [1.165, 1.54) is 4.90 Å². The highest BCUT2D eigenvalue weighted by Gasteiger charge is 2.14. The molecule has 0 fully saturated rings. The minimum atomic E-state index is -0.142. The van der Waals surface area contributed by atoms with E-state index in [4.69, 9.17) is 11.0 Å². The molecule has 0 aliphatic rings. The van der Waals surface area contributed by atoms with Gasteiger partial charge in [-0.15, -0.1) is 0 Å². The molecule has 0 unspecified atom stereocenters. The van der Waals surface area contributed by atoms with E-state index in [-0.39, 0.29) is 5.91 Å². The molecule has 0 saturated heterocycles. The van der Waals surface area contributed by atoms with E-state index in [0.29, 0.717) is 24.2 Å². The summed E-state index contributed by atoms with van der Waals surface area (Å²) in [5, 5.41) is 8.45. The van der Waals surface area contributed by atoms with Crippen LogP contribution in [-0.4, -0.2) is 24.4 Å². The van der Waals surface area contributed by atoms with E-state index in [0.717, 1.165) is 5.56 Å². The van der Waals surface area contributed by atoms with Crippen molar-refractivity contribution in [2.75, 3.05) is 19.3 Å². The third-order valence-electron chi connectivity index (χ3n) is 2.46. The van der Waals surface area contributed by atoms with Gasteiger partial charge in [-0.2, -0.15) is 5.26 Å². The number of amides is 1. The summed E-state index contributed by atoms with van der Waals surface area (Å²) < 4.78 is 0. The molecule has 0 aliphatic carbocycles. The smallest absolute Gasteiger partial charge is 0.255 e. The summed E-state index contributed by atoms with van der Waals surface area (Å²) >= 11 is 0. The first-order valence-corrected chi connectivity index (χ1v) is 5.05. The van der Waals surface area contributed by atoms with Gasteiger partial charge < -0.3 is 10.6 Å². The van der Waals surface area contributed by atoms with Crippen molar-refractivity contribution in [3.63, 3.8) is 0 Å². The lowest BCUT2D eigenvalue weighted by Gasteiger charge is -2.17. The number of aryl methyl sites for hydroxylation is 1. The van der Waals surface area contributed by atoms with Crippen molar-refractivity contribution >= 4 is 11.6 Å². The number of para-hydroxylation sites is 1. The molecule has 4 nitrogen and oxygen atoms in total. The maximum absolute atomic E-state index is 12.0. The minimum absolute atomic E-state index is 0.142. The average Bonchev–Trinajstić information content (AvgIpc) is 2.28. The molecule has 0 aliphatic heterocycles.